The third-order valence-electron chi connectivity index (χ3n) is 0.863. The van der Waals surface area contributed by atoms with Gasteiger partial charge < -0.3 is 0 Å². The molecule has 0 fully saturated rings. The van der Waals surface area contributed by atoms with Crippen LogP contribution in [0.15, 0.2) is 4.79 Å². The molecule has 0 saturated heterocycles. The molecule has 0 radical (unpaired) electrons. The van der Waals surface area contributed by atoms with Crippen molar-refractivity contribution in [2.75, 3.05) is 0 Å². The molecule has 0 spiro atoms. The Morgan fingerprint density at radius 1 is 1.92 bits per heavy atom. The van der Waals surface area contributed by atoms with Crippen molar-refractivity contribution in [3.63, 3.8) is 0 Å². The molecule has 0 atom stereocenters. The van der Waals surface area contributed by atoms with Crippen molar-refractivity contribution in [3.8, 4) is 0 Å². The van der Waals surface area contributed by atoms with Gasteiger partial charge in [-0.05, 0) is 11.5 Å². The second kappa shape index (κ2) is 5.95. The zero-order valence-corrected chi connectivity index (χ0v) is 10.3. The summed E-state index contributed by atoms with van der Waals surface area (Å²) in [4.78, 5) is 20.1. The van der Waals surface area contributed by atoms with Crippen LogP contribution < -0.4 is 28.0 Å². The minimum atomic E-state index is -1.17. The number of hydrogen-bond donors (Lipinski definition) is 0. The summed E-state index contributed by atoms with van der Waals surface area (Å²) in [7, 11) is 1.62. The summed E-state index contributed by atoms with van der Waals surface area (Å²) in [6, 6.07) is 0. The molecular weight excluding hydrogens is 336 g/mol. The molecule has 1 aromatic heterocycles. The van der Waals surface area contributed by atoms with Crippen LogP contribution in [0.25, 0.3) is 0 Å². The van der Waals surface area contributed by atoms with Crippen LogP contribution in [-0.2, 0) is 11.8 Å². The van der Waals surface area contributed by atoms with Crippen LogP contribution in [0, 0.1) is 0 Å². The van der Waals surface area contributed by atoms with E-state index >= 15 is 0 Å². The standard InChI is InChI=1S/C4H3Cl2NOS.CH2IO/c1-7-4(8)2(5)3(6)9-7;2-1-3/h1H3;1-2H/q;-1/i;1D,2T. The van der Waals surface area contributed by atoms with Gasteiger partial charge >= 0.3 is 33.4 Å². The van der Waals surface area contributed by atoms with Gasteiger partial charge in [0.25, 0.3) is 5.56 Å². The van der Waals surface area contributed by atoms with Crippen LogP contribution in [0.2, 0.25) is 9.36 Å². The van der Waals surface area contributed by atoms with Gasteiger partial charge in [-0.1, -0.05) is 23.2 Å². The Bertz CT molecular complexity index is 380. The summed E-state index contributed by atoms with van der Waals surface area (Å²) in [6.07, 6.45) is 0. The first kappa shape index (κ1) is 8.98. The fourth-order valence-corrected chi connectivity index (χ4v) is 1.68. The van der Waals surface area contributed by atoms with Crippen LogP contribution >= 0.6 is 34.7 Å². The molecule has 70 valence electrons. The molecule has 1 rings (SSSR count). The van der Waals surface area contributed by atoms with E-state index in [1.165, 1.54) is 3.96 Å². The van der Waals surface area contributed by atoms with E-state index in [0.29, 0.717) is 4.34 Å². The molecule has 0 aliphatic rings. The van der Waals surface area contributed by atoms with Crippen molar-refractivity contribution in [1.29, 1.82) is 0.594 Å². The van der Waals surface area contributed by atoms with Gasteiger partial charge in [0.2, 0.25) is 0 Å². The molecule has 7 heteroatoms. The molecule has 1 aromatic rings. The quantitative estimate of drug-likeness (QED) is 0.343. The second-order valence-electron chi connectivity index (χ2n) is 1.56. The minimum absolute atomic E-state index is 0.115. The number of rotatable bonds is 1. The number of carbonyl (C=O) groups excluding carboxylic acids is 1. The Morgan fingerprint density at radius 3 is 2.50 bits per heavy atom. The van der Waals surface area contributed by atoms with E-state index in [1.807, 2.05) is 0 Å². The Labute approximate surface area is 98.4 Å². The average molecular weight is 344 g/mol. The topological polar surface area (TPSA) is 39.1 Å². The fraction of sp³-hybridized carbons (Fsp3) is 0.200. The van der Waals surface area contributed by atoms with Crippen molar-refractivity contribution in [1.82, 2.24) is 3.96 Å². The maximum absolute atomic E-state index is 10.7. The molecule has 12 heavy (non-hydrogen) atoms. The number of carbonyl (C=O) groups is 1. The molecule has 0 aromatic carbocycles. The van der Waals surface area contributed by atoms with Crippen molar-refractivity contribution in [2.45, 2.75) is 0 Å². The summed E-state index contributed by atoms with van der Waals surface area (Å²) in [5, 5.41) is 0.115. The van der Waals surface area contributed by atoms with Gasteiger partial charge in [-0.15, -0.1) is 0 Å². The molecule has 3 nitrogen and oxygen atoms in total. The van der Waals surface area contributed by atoms with Gasteiger partial charge in [-0.2, -0.15) is 0 Å². The first-order valence-corrected chi connectivity index (χ1v) is 5.14. The van der Waals surface area contributed by atoms with Crippen molar-refractivity contribution in [3.05, 3.63) is 19.7 Å². The fourth-order valence-electron chi connectivity index (χ4n) is 0.424. The van der Waals surface area contributed by atoms with Crippen molar-refractivity contribution < 1.29 is 28.6 Å². The first-order valence-electron chi connectivity index (χ1n) is 3.41. The third kappa shape index (κ3) is 3.42. The molecule has 0 saturated carbocycles. The molecular formula is C5H5Cl2INO2S-. The van der Waals surface area contributed by atoms with E-state index < -0.39 is 26.7 Å². The number of aryl methyl sites for hydroxylation is 1. The normalized spacial score (nSPS) is 11.2. The van der Waals surface area contributed by atoms with E-state index in [4.69, 9.17) is 25.2 Å². The summed E-state index contributed by atoms with van der Waals surface area (Å²) in [5.41, 5.74) is -0.230. The number of hydrogen-bond acceptors (Lipinski definition) is 3. The average Bonchev–Trinajstić information content (AvgIpc) is 2.34. The van der Waals surface area contributed by atoms with Gasteiger partial charge in [0.05, 0.1) is 0 Å². The van der Waals surface area contributed by atoms with Crippen LogP contribution in [-0.4, -0.2) is 8.82 Å². The molecule has 0 aliphatic heterocycles. The molecule has 1 heterocycles. The van der Waals surface area contributed by atoms with E-state index in [9.17, 15) is 9.59 Å². The molecule has 0 amide bonds. The summed E-state index contributed by atoms with van der Waals surface area (Å²) < 4.78 is 13.3. The summed E-state index contributed by atoms with van der Waals surface area (Å²) in [5.74, 6) is 0. The zero-order valence-electron chi connectivity index (χ0n) is 7.81. The van der Waals surface area contributed by atoms with Gasteiger partial charge in [0.15, 0.2) is 0 Å². The van der Waals surface area contributed by atoms with Gasteiger partial charge in [-0.3, -0.25) is 8.75 Å². The molecule has 0 aliphatic carbocycles. The maximum atomic E-state index is 10.7. The summed E-state index contributed by atoms with van der Waals surface area (Å²) >= 11 is 10.9. The van der Waals surface area contributed by atoms with E-state index in [1.54, 1.807) is 7.05 Å². The molecule has 0 unspecified atom stereocenters. The monoisotopic (exact) mass is 343 g/mol. The van der Waals surface area contributed by atoms with Crippen molar-refractivity contribution >= 4 is 39.0 Å². The van der Waals surface area contributed by atoms with E-state index in [-0.39, 0.29) is 10.6 Å². The Balaban J connectivity index is 0.000000292. The summed E-state index contributed by atoms with van der Waals surface area (Å²) in [6.45, 7) is 0. The van der Waals surface area contributed by atoms with Crippen LogP contribution in [0.5, 0.6) is 0 Å². The van der Waals surface area contributed by atoms with Gasteiger partial charge in [-0.25, -0.2) is 0 Å². The van der Waals surface area contributed by atoms with Crippen LogP contribution in [0.1, 0.15) is 1.37 Å². The number of aromatic nitrogens is 1. The number of nitrogens with zero attached hydrogens (tertiary/aromatic N) is 1. The Kier molecular flexibility index (Phi) is 4.46. The van der Waals surface area contributed by atoms with Crippen LogP contribution in [0.3, 0.4) is 0 Å². The van der Waals surface area contributed by atoms with E-state index in [0.717, 1.165) is 11.5 Å². The van der Waals surface area contributed by atoms with Gasteiger partial charge in [0.1, 0.15) is 9.36 Å². The SMILES string of the molecule is Cn1sc(Cl)c(Cl)c1=O.[2H]C(=O)[I-][3H]. The zero-order chi connectivity index (χ0) is 11.3. The third-order valence-corrected chi connectivity index (χ3v) is 2.62. The first-order chi connectivity index (χ1) is 6.40. The van der Waals surface area contributed by atoms with E-state index in [2.05, 4.69) is 0 Å². The molecule has 0 bridgehead atoms. The predicted octanol–water partition coefficient (Wildman–Crippen LogP) is -1.78. The van der Waals surface area contributed by atoms with Crippen molar-refractivity contribution in [2.24, 2.45) is 7.05 Å². The van der Waals surface area contributed by atoms with Crippen LogP contribution in [0.4, 0.5) is 0 Å². The molecule has 0 N–H and O–H groups in total. The van der Waals surface area contributed by atoms with Gasteiger partial charge in [0, 0.05) is 7.05 Å². The second-order valence-corrected chi connectivity index (χ2v) is 4.12. The Hall–Kier alpha value is 0.410. The number of halogens is 3. The predicted molar refractivity (Wildman–Crippen MR) is 47.7 cm³/mol. The Morgan fingerprint density at radius 2 is 2.42 bits per heavy atom.